The van der Waals surface area contributed by atoms with Gasteiger partial charge >= 0.3 is 0 Å². The SMILES string of the molecule is O/N=C\c1cc[n+](C/C=C/C[n+]2ccccc2)cc1.[Br-].[Br-]. The van der Waals surface area contributed by atoms with Gasteiger partial charge in [-0.05, 0) is 12.2 Å². The average Bonchev–Trinajstić information content (AvgIpc) is 2.47. The minimum atomic E-state index is 0. The van der Waals surface area contributed by atoms with Gasteiger partial charge in [-0.2, -0.15) is 0 Å². The molecule has 0 bridgehead atoms. The highest BCUT2D eigenvalue weighted by atomic mass is 79.9. The van der Waals surface area contributed by atoms with Gasteiger partial charge in [0.2, 0.25) is 0 Å². The monoisotopic (exact) mass is 413 g/mol. The molecule has 0 fully saturated rings. The lowest BCUT2D eigenvalue weighted by molar-refractivity contribution is -0.691. The third-order valence-electron chi connectivity index (χ3n) is 2.70. The van der Waals surface area contributed by atoms with Gasteiger partial charge in [-0.1, -0.05) is 11.2 Å². The van der Waals surface area contributed by atoms with Crippen LogP contribution in [0.4, 0.5) is 0 Å². The molecule has 2 aromatic heterocycles. The van der Waals surface area contributed by atoms with E-state index in [-0.39, 0.29) is 34.0 Å². The van der Waals surface area contributed by atoms with Crippen LogP contribution in [0.25, 0.3) is 0 Å². The fourth-order valence-corrected chi connectivity index (χ4v) is 1.69. The van der Waals surface area contributed by atoms with Crippen molar-refractivity contribution >= 4 is 6.21 Å². The molecule has 0 amide bonds. The van der Waals surface area contributed by atoms with Crippen LogP contribution in [-0.2, 0) is 13.1 Å². The van der Waals surface area contributed by atoms with Crippen LogP contribution in [0.2, 0.25) is 0 Å². The second kappa shape index (κ2) is 11.2. The fraction of sp³-hybridized carbons (Fsp3) is 0.133. The summed E-state index contributed by atoms with van der Waals surface area (Å²) < 4.78 is 4.17. The second-order valence-corrected chi connectivity index (χ2v) is 4.12. The van der Waals surface area contributed by atoms with Crippen LogP contribution in [0.3, 0.4) is 0 Å². The van der Waals surface area contributed by atoms with E-state index in [0.717, 1.165) is 18.7 Å². The maximum atomic E-state index is 8.42. The van der Waals surface area contributed by atoms with Gasteiger partial charge in [0.15, 0.2) is 37.9 Å². The lowest BCUT2D eigenvalue weighted by Crippen LogP contribution is -3.00. The highest BCUT2D eigenvalue weighted by Crippen LogP contribution is 1.90. The Kier molecular flexibility index (Phi) is 10.4. The smallest absolute Gasteiger partial charge is 0.169 e. The number of hydrogen-bond donors (Lipinski definition) is 1. The van der Waals surface area contributed by atoms with E-state index in [9.17, 15) is 0 Å². The van der Waals surface area contributed by atoms with Crippen molar-refractivity contribution in [1.29, 1.82) is 0 Å². The maximum absolute atomic E-state index is 8.42. The number of allylic oxidation sites excluding steroid dienone is 2. The first-order valence-electron chi connectivity index (χ1n) is 6.14. The predicted molar refractivity (Wildman–Crippen MR) is 71.8 cm³/mol. The van der Waals surface area contributed by atoms with Crippen molar-refractivity contribution in [2.75, 3.05) is 0 Å². The highest BCUT2D eigenvalue weighted by molar-refractivity contribution is 5.78. The second-order valence-electron chi connectivity index (χ2n) is 4.12. The first-order chi connectivity index (χ1) is 9.38. The van der Waals surface area contributed by atoms with E-state index >= 15 is 0 Å². The van der Waals surface area contributed by atoms with Crippen LogP contribution in [0.5, 0.6) is 0 Å². The van der Waals surface area contributed by atoms with Crippen molar-refractivity contribution in [2.24, 2.45) is 5.16 Å². The summed E-state index contributed by atoms with van der Waals surface area (Å²) in [5, 5.41) is 11.4. The molecule has 21 heavy (non-hydrogen) atoms. The molecule has 2 aromatic rings. The van der Waals surface area contributed by atoms with E-state index in [4.69, 9.17) is 5.21 Å². The van der Waals surface area contributed by atoms with Gasteiger partial charge in [-0.3, -0.25) is 0 Å². The molecule has 2 rings (SSSR count). The molecule has 0 aliphatic rings. The first-order valence-corrected chi connectivity index (χ1v) is 6.14. The Morgan fingerprint density at radius 1 is 0.857 bits per heavy atom. The average molecular weight is 415 g/mol. The molecule has 112 valence electrons. The van der Waals surface area contributed by atoms with Gasteiger partial charge in [0, 0.05) is 29.8 Å². The summed E-state index contributed by atoms with van der Waals surface area (Å²) in [6.07, 6.45) is 13.7. The molecular formula is C15H17Br2N3O. The Hall–Kier alpha value is -1.53. The van der Waals surface area contributed by atoms with Gasteiger partial charge < -0.3 is 39.2 Å². The lowest BCUT2D eigenvalue weighted by atomic mass is 10.3. The fourth-order valence-electron chi connectivity index (χ4n) is 1.69. The number of nitrogens with zero attached hydrogens (tertiary/aromatic N) is 3. The number of hydrogen-bond acceptors (Lipinski definition) is 2. The summed E-state index contributed by atoms with van der Waals surface area (Å²) in [4.78, 5) is 0. The van der Waals surface area contributed by atoms with Crippen LogP contribution < -0.4 is 43.1 Å². The van der Waals surface area contributed by atoms with Gasteiger partial charge in [0.05, 0.1) is 6.21 Å². The molecular weight excluding hydrogens is 398 g/mol. The van der Waals surface area contributed by atoms with Gasteiger partial charge in [-0.15, -0.1) is 0 Å². The van der Waals surface area contributed by atoms with E-state index in [1.165, 1.54) is 6.21 Å². The Balaban J connectivity index is 0.00000200. The summed E-state index contributed by atoms with van der Waals surface area (Å²) in [5.41, 5.74) is 0.877. The maximum Gasteiger partial charge on any atom is 0.169 e. The van der Waals surface area contributed by atoms with Crippen molar-refractivity contribution in [3.8, 4) is 0 Å². The molecule has 0 unspecified atom stereocenters. The minimum Gasteiger partial charge on any atom is -1.00 e. The molecule has 0 saturated heterocycles. The molecule has 2 heterocycles. The lowest BCUT2D eigenvalue weighted by Gasteiger charge is -1.93. The highest BCUT2D eigenvalue weighted by Gasteiger charge is 1.97. The third kappa shape index (κ3) is 7.15. The quantitative estimate of drug-likeness (QED) is 0.173. The number of oxime groups is 1. The standard InChI is InChI=1S/C15H16N3O.2BrH/c19-16-14-15-6-12-18(13-7-15)11-5-4-10-17-8-2-1-3-9-17;;/h1-9,12-14H,10-11H2;2*1H/q+1;;/p-1/b5-4+;;. The summed E-state index contributed by atoms with van der Waals surface area (Å²) in [7, 11) is 0. The van der Waals surface area contributed by atoms with Crippen LogP contribution in [0, 0.1) is 0 Å². The molecule has 0 atom stereocenters. The Morgan fingerprint density at radius 3 is 1.90 bits per heavy atom. The molecule has 4 nitrogen and oxygen atoms in total. The van der Waals surface area contributed by atoms with Crippen LogP contribution in [0.15, 0.2) is 72.4 Å². The predicted octanol–water partition coefficient (Wildman–Crippen LogP) is -4.67. The van der Waals surface area contributed by atoms with Crippen LogP contribution >= 0.6 is 0 Å². The number of aromatic nitrogens is 2. The summed E-state index contributed by atoms with van der Waals surface area (Å²) >= 11 is 0. The summed E-state index contributed by atoms with van der Waals surface area (Å²) in [6, 6.07) is 9.85. The normalized spacial score (nSPS) is 10.3. The molecule has 0 aliphatic carbocycles. The van der Waals surface area contributed by atoms with E-state index in [1.807, 2.05) is 55.1 Å². The van der Waals surface area contributed by atoms with Crippen molar-refractivity contribution in [1.82, 2.24) is 0 Å². The Bertz CT molecular complexity index is 557. The molecule has 0 radical (unpaired) electrons. The number of pyridine rings is 2. The van der Waals surface area contributed by atoms with Gasteiger partial charge in [0.25, 0.3) is 0 Å². The number of halogens is 2. The molecule has 1 N–H and O–H groups in total. The van der Waals surface area contributed by atoms with Crippen LogP contribution in [0.1, 0.15) is 5.56 Å². The van der Waals surface area contributed by atoms with Gasteiger partial charge in [0.1, 0.15) is 0 Å². The Morgan fingerprint density at radius 2 is 1.38 bits per heavy atom. The molecule has 0 saturated carbocycles. The molecule has 0 aromatic carbocycles. The zero-order valence-corrected chi connectivity index (χ0v) is 14.6. The zero-order chi connectivity index (χ0) is 13.3. The largest absolute Gasteiger partial charge is 1.00 e. The molecule has 0 aliphatic heterocycles. The van der Waals surface area contributed by atoms with Crippen molar-refractivity contribution < 1.29 is 48.3 Å². The van der Waals surface area contributed by atoms with Crippen molar-refractivity contribution in [3.05, 3.63) is 72.8 Å². The van der Waals surface area contributed by atoms with E-state index in [0.29, 0.717) is 0 Å². The Labute approximate surface area is 145 Å². The molecule has 0 spiro atoms. The van der Waals surface area contributed by atoms with Crippen molar-refractivity contribution in [3.63, 3.8) is 0 Å². The van der Waals surface area contributed by atoms with E-state index < -0.39 is 0 Å². The van der Waals surface area contributed by atoms with Crippen LogP contribution in [-0.4, -0.2) is 11.4 Å². The zero-order valence-electron chi connectivity index (χ0n) is 11.4. The van der Waals surface area contributed by atoms with E-state index in [2.05, 4.69) is 26.4 Å². The topological polar surface area (TPSA) is 40.4 Å². The van der Waals surface area contributed by atoms with Crippen molar-refractivity contribution in [2.45, 2.75) is 13.1 Å². The van der Waals surface area contributed by atoms with Gasteiger partial charge in [-0.25, -0.2) is 9.13 Å². The third-order valence-corrected chi connectivity index (χ3v) is 2.70. The minimum absolute atomic E-state index is 0. The first kappa shape index (κ1) is 19.5. The van der Waals surface area contributed by atoms with E-state index in [1.54, 1.807) is 0 Å². The summed E-state index contributed by atoms with van der Waals surface area (Å²) in [6.45, 7) is 1.70. The molecule has 6 heteroatoms. The number of rotatable bonds is 5. The summed E-state index contributed by atoms with van der Waals surface area (Å²) in [5.74, 6) is 0.